The van der Waals surface area contributed by atoms with E-state index in [1.807, 2.05) is 30.9 Å². The van der Waals surface area contributed by atoms with Crippen LogP contribution in [-0.4, -0.2) is 54.7 Å². The number of cyclic esters (lactones) is 1. The number of amides is 1. The van der Waals surface area contributed by atoms with Crippen LogP contribution in [0.4, 0.5) is 4.79 Å². The number of carbonyl (C=O) groups is 1. The van der Waals surface area contributed by atoms with E-state index in [4.69, 9.17) is 16.3 Å². The Morgan fingerprint density at radius 1 is 1.26 bits per heavy atom. The molecule has 0 bridgehead atoms. The van der Waals surface area contributed by atoms with Crippen molar-refractivity contribution in [2.45, 2.75) is 45.6 Å². The van der Waals surface area contributed by atoms with Gasteiger partial charge in [-0.3, -0.25) is 0 Å². The highest BCUT2D eigenvalue weighted by molar-refractivity contribution is 9.10. The Morgan fingerprint density at radius 2 is 2.00 bits per heavy atom. The zero-order valence-electron chi connectivity index (χ0n) is 16.3. The Morgan fingerprint density at radius 3 is 2.70 bits per heavy atom. The number of hydrogen-bond donors (Lipinski definition) is 0. The first-order valence-corrected chi connectivity index (χ1v) is 11.2. The summed E-state index contributed by atoms with van der Waals surface area (Å²) in [4.78, 5) is 16.2. The zero-order valence-corrected chi connectivity index (χ0v) is 18.6. The molecule has 1 aromatic rings. The first-order chi connectivity index (χ1) is 12.9. The Bertz CT molecular complexity index is 647. The van der Waals surface area contributed by atoms with Gasteiger partial charge >= 0.3 is 6.09 Å². The quantitative estimate of drug-likeness (QED) is 0.587. The molecule has 27 heavy (non-hydrogen) atoms. The van der Waals surface area contributed by atoms with Crippen molar-refractivity contribution in [3.8, 4) is 0 Å². The fraction of sp³-hybridized carbons (Fsp3) is 0.667. The molecule has 1 amide bonds. The van der Waals surface area contributed by atoms with Gasteiger partial charge in [-0.25, -0.2) is 4.79 Å². The molecule has 2 saturated heterocycles. The van der Waals surface area contributed by atoms with Gasteiger partial charge in [-0.05, 0) is 88.8 Å². The molecule has 0 aromatic heterocycles. The highest BCUT2D eigenvalue weighted by Gasteiger charge is 2.29. The number of piperidine rings is 1. The van der Waals surface area contributed by atoms with Gasteiger partial charge < -0.3 is 14.5 Å². The number of nitrogens with zero attached hydrogens (tertiary/aromatic N) is 2. The summed E-state index contributed by atoms with van der Waals surface area (Å²) in [5, 5.41) is 0.814. The van der Waals surface area contributed by atoms with E-state index in [1.165, 1.54) is 18.4 Å². The monoisotopic (exact) mass is 456 g/mol. The molecule has 1 atom stereocenters. The number of likely N-dealkylation sites (tertiary alicyclic amines) is 1. The molecule has 2 heterocycles. The van der Waals surface area contributed by atoms with E-state index in [0.29, 0.717) is 12.5 Å². The summed E-state index contributed by atoms with van der Waals surface area (Å²) < 4.78 is 6.52. The Balaban J connectivity index is 1.41. The lowest BCUT2D eigenvalue weighted by Crippen LogP contribution is -2.47. The van der Waals surface area contributed by atoms with Crippen LogP contribution in [0.25, 0.3) is 0 Å². The summed E-state index contributed by atoms with van der Waals surface area (Å²) in [5.74, 6) is 1.17. The summed E-state index contributed by atoms with van der Waals surface area (Å²) in [6.45, 7) is 8.91. The SMILES string of the molecule is CC(C)N1CC(CCN2CCC(Cc3cc(Cl)ccc3Br)CC2)COC1=O. The van der Waals surface area contributed by atoms with Crippen molar-refractivity contribution in [2.75, 3.05) is 32.8 Å². The van der Waals surface area contributed by atoms with E-state index in [1.54, 1.807) is 0 Å². The van der Waals surface area contributed by atoms with Crippen LogP contribution in [0.15, 0.2) is 22.7 Å². The number of ether oxygens (including phenoxy) is 1. The van der Waals surface area contributed by atoms with Gasteiger partial charge in [-0.2, -0.15) is 0 Å². The minimum absolute atomic E-state index is 0.158. The van der Waals surface area contributed by atoms with Gasteiger partial charge in [0.15, 0.2) is 0 Å². The molecule has 6 heteroatoms. The fourth-order valence-electron chi connectivity index (χ4n) is 4.06. The summed E-state index contributed by atoms with van der Waals surface area (Å²) in [7, 11) is 0. The zero-order chi connectivity index (χ0) is 19.4. The fourth-order valence-corrected chi connectivity index (χ4v) is 4.67. The second-order valence-electron chi connectivity index (χ2n) is 8.20. The second kappa shape index (κ2) is 9.62. The van der Waals surface area contributed by atoms with Crippen molar-refractivity contribution in [1.29, 1.82) is 0 Å². The van der Waals surface area contributed by atoms with Crippen LogP contribution in [0.2, 0.25) is 5.02 Å². The largest absolute Gasteiger partial charge is 0.449 e. The average Bonchev–Trinajstić information content (AvgIpc) is 2.65. The van der Waals surface area contributed by atoms with Gasteiger partial charge in [0.1, 0.15) is 0 Å². The highest BCUT2D eigenvalue weighted by Crippen LogP contribution is 2.28. The van der Waals surface area contributed by atoms with Crippen molar-refractivity contribution in [2.24, 2.45) is 11.8 Å². The van der Waals surface area contributed by atoms with Crippen molar-refractivity contribution in [3.63, 3.8) is 0 Å². The normalized spacial score (nSPS) is 22.3. The van der Waals surface area contributed by atoms with Crippen molar-refractivity contribution in [3.05, 3.63) is 33.3 Å². The maximum absolute atomic E-state index is 11.8. The topological polar surface area (TPSA) is 32.8 Å². The molecular formula is C21H30BrClN2O2. The second-order valence-corrected chi connectivity index (χ2v) is 9.49. The molecule has 2 fully saturated rings. The number of benzene rings is 1. The minimum Gasteiger partial charge on any atom is -0.449 e. The summed E-state index contributed by atoms with van der Waals surface area (Å²) >= 11 is 9.80. The lowest BCUT2D eigenvalue weighted by atomic mass is 9.90. The van der Waals surface area contributed by atoms with E-state index < -0.39 is 0 Å². The molecule has 1 unspecified atom stereocenters. The van der Waals surface area contributed by atoms with Crippen molar-refractivity contribution in [1.82, 2.24) is 9.80 Å². The van der Waals surface area contributed by atoms with Crippen LogP contribution in [-0.2, 0) is 11.2 Å². The summed E-state index contributed by atoms with van der Waals surface area (Å²) in [5.41, 5.74) is 1.32. The number of hydrogen-bond acceptors (Lipinski definition) is 3. The Labute approximate surface area is 176 Å². The van der Waals surface area contributed by atoms with Crippen LogP contribution >= 0.6 is 27.5 Å². The molecule has 0 radical (unpaired) electrons. The van der Waals surface area contributed by atoms with Crippen LogP contribution in [0.3, 0.4) is 0 Å². The lowest BCUT2D eigenvalue weighted by molar-refractivity contribution is 0.0256. The van der Waals surface area contributed by atoms with Gasteiger partial charge in [-0.1, -0.05) is 27.5 Å². The van der Waals surface area contributed by atoms with Crippen LogP contribution in [0.1, 0.15) is 38.7 Å². The molecule has 0 saturated carbocycles. The predicted octanol–water partition coefficient (Wildman–Crippen LogP) is 5.22. The molecule has 150 valence electrons. The number of rotatable bonds is 6. The minimum atomic E-state index is -0.158. The maximum atomic E-state index is 11.8. The first kappa shape index (κ1) is 20.9. The Kier molecular flexibility index (Phi) is 7.46. The molecule has 2 aliphatic rings. The van der Waals surface area contributed by atoms with Crippen LogP contribution < -0.4 is 0 Å². The van der Waals surface area contributed by atoms with E-state index in [2.05, 4.69) is 26.9 Å². The smallest absolute Gasteiger partial charge is 0.410 e. The molecule has 1 aromatic carbocycles. The molecular weight excluding hydrogens is 428 g/mol. The van der Waals surface area contributed by atoms with Gasteiger partial charge in [0.25, 0.3) is 0 Å². The molecule has 4 nitrogen and oxygen atoms in total. The number of halogens is 2. The standard InChI is InChI=1S/C21H30BrClN2O2/c1-15(2)25-13-17(14-27-21(25)26)7-10-24-8-5-16(6-9-24)11-18-12-19(23)3-4-20(18)22/h3-4,12,15-17H,5-11,13-14H2,1-2H3. The van der Waals surface area contributed by atoms with E-state index in [9.17, 15) is 4.79 Å². The molecule has 0 N–H and O–H groups in total. The van der Waals surface area contributed by atoms with Gasteiger partial charge in [0.05, 0.1) is 6.61 Å². The maximum Gasteiger partial charge on any atom is 0.410 e. The molecule has 0 aliphatic carbocycles. The van der Waals surface area contributed by atoms with Crippen molar-refractivity contribution >= 4 is 33.6 Å². The van der Waals surface area contributed by atoms with E-state index >= 15 is 0 Å². The van der Waals surface area contributed by atoms with E-state index in [-0.39, 0.29) is 12.1 Å². The third-order valence-corrected chi connectivity index (χ3v) is 6.84. The van der Waals surface area contributed by atoms with Gasteiger partial charge in [-0.15, -0.1) is 0 Å². The van der Waals surface area contributed by atoms with E-state index in [0.717, 1.165) is 54.4 Å². The summed E-state index contributed by atoms with van der Waals surface area (Å²) in [6.07, 6.45) is 4.50. The number of carbonyl (C=O) groups excluding carboxylic acids is 1. The third-order valence-electron chi connectivity index (χ3n) is 5.83. The van der Waals surface area contributed by atoms with Gasteiger partial charge in [0, 0.05) is 28.0 Å². The molecule has 3 rings (SSSR count). The predicted molar refractivity (Wildman–Crippen MR) is 113 cm³/mol. The third kappa shape index (κ3) is 5.85. The molecule has 0 spiro atoms. The highest BCUT2D eigenvalue weighted by atomic mass is 79.9. The summed E-state index contributed by atoms with van der Waals surface area (Å²) in [6, 6.07) is 6.27. The lowest BCUT2D eigenvalue weighted by Gasteiger charge is -2.37. The Hall–Kier alpha value is -0.780. The average molecular weight is 458 g/mol. The van der Waals surface area contributed by atoms with Crippen LogP contribution in [0.5, 0.6) is 0 Å². The first-order valence-electron chi connectivity index (χ1n) is 10.0. The van der Waals surface area contributed by atoms with Crippen molar-refractivity contribution < 1.29 is 9.53 Å². The molecule has 2 aliphatic heterocycles. The van der Waals surface area contributed by atoms with Crippen LogP contribution in [0, 0.1) is 11.8 Å². The van der Waals surface area contributed by atoms with Gasteiger partial charge in [0.2, 0.25) is 0 Å².